The van der Waals surface area contributed by atoms with Crippen LogP contribution in [-0.2, 0) is 23.9 Å². The van der Waals surface area contributed by atoms with E-state index < -0.39 is 0 Å². The Labute approximate surface area is 615 Å². The number of piperidine rings is 5. The maximum Gasteiger partial charge on any atom is 0.325 e. The second-order valence-electron chi connectivity index (χ2n) is 42.4. The van der Waals surface area contributed by atoms with Crippen molar-refractivity contribution >= 4 is 30.9 Å². The maximum atomic E-state index is 13.8. The van der Waals surface area contributed by atoms with Crippen LogP contribution in [-0.4, -0.2) is 226 Å². The molecule has 0 spiro atoms. The van der Waals surface area contributed by atoms with Crippen molar-refractivity contribution in [1.29, 1.82) is 0 Å². The van der Waals surface area contributed by atoms with E-state index in [0.29, 0.717) is 69.0 Å². The Morgan fingerprint density at radius 1 is 0.495 bits per heavy atom. The number of urea groups is 2. The van der Waals surface area contributed by atoms with Crippen LogP contribution in [0, 0.1) is 22.7 Å². The third-order valence-electron chi connectivity index (χ3n) is 23.0. The minimum Gasteiger partial charge on any atom is -0.497 e. The number of likely N-dealkylation sites (tertiary alicyclic amines) is 1. The molecule has 4 N–H and O–H groups in total. The zero-order chi connectivity index (χ0) is 76.0. The van der Waals surface area contributed by atoms with Crippen molar-refractivity contribution in [2.75, 3.05) is 52.9 Å². The fourth-order valence-electron chi connectivity index (χ4n) is 21.5. The predicted molar refractivity (Wildman–Crippen MR) is 410 cm³/mol. The molecule has 9 fully saturated rings. The molecule has 9 aliphatic heterocycles. The zero-order valence-corrected chi connectivity index (χ0v) is 69.6. The van der Waals surface area contributed by atoms with Crippen LogP contribution in [0.2, 0.25) is 0 Å². The lowest BCUT2D eigenvalue weighted by Crippen LogP contribution is -2.68. The van der Waals surface area contributed by atoms with Crippen LogP contribution in [0.1, 0.15) is 303 Å². The number of ether oxygens (including phenoxy) is 2. The number of nitrogens with zero attached hydrogens (tertiary/aromatic N) is 9. The third kappa shape index (κ3) is 23.6. The molecule has 0 aromatic rings. The Hall–Kier alpha value is -3.79. The second-order valence-corrected chi connectivity index (χ2v) is 42.4. The first-order valence-corrected chi connectivity index (χ1v) is 39.4. The number of nitrogens with one attached hydrogen (secondary N) is 4. The average molecular weight is 1420 g/mol. The summed E-state index contributed by atoms with van der Waals surface area (Å²) in [5, 5.41) is 14.9. The Morgan fingerprint density at radius 3 is 1.11 bits per heavy atom. The number of amides is 6. The standard InChI is InChI=1S/C30H57NO3.C26H46N8O2.C25H48N4O2/c1-22(18-27(4,5)6)16-24(3)33-15-14-31-29(10,11)20-25(21-30(31,12)13)34-26(32)17-23(2)19-28(7,8)9;1-23(2)9-17(10-24(3,4)27-23)29-13-31-19-20-33(21(31)35)15-30(16-34(20)22(36)32(19)14-29)18-11-25(5,6)28-26(7,8)12-18;1-22(2)14-20(15-23(3,4)26-22)28(18-30)12-10-9-11-13-29(19-31)21-16-24(5,6)27-25(7,8)17-21/h22-23,25H,3,14-21H2,1-2,4-13H3;17-20,27-28H,9-16H2,1-8H3;18-21,26-27H,9-17H2,1-8H3. The van der Waals surface area contributed by atoms with Gasteiger partial charge in [0, 0.05) is 125 Å². The van der Waals surface area contributed by atoms with Crippen molar-refractivity contribution in [2.24, 2.45) is 22.7 Å². The van der Waals surface area contributed by atoms with Crippen LogP contribution < -0.4 is 21.3 Å². The minimum atomic E-state index is -0.174. The summed E-state index contributed by atoms with van der Waals surface area (Å²) in [7, 11) is 0. The van der Waals surface area contributed by atoms with Crippen molar-refractivity contribution in [3.8, 4) is 0 Å². The smallest absolute Gasteiger partial charge is 0.325 e. The van der Waals surface area contributed by atoms with Gasteiger partial charge in [-0.05, 0) is 245 Å². The predicted octanol–water partition coefficient (Wildman–Crippen LogP) is 13.9. The van der Waals surface area contributed by atoms with Crippen molar-refractivity contribution in [3.05, 3.63) is 12.3 Å². The van der Waals surface area contributed by atoms with Crippen LogP contribution in [0.15, 0.2) is 12.3 Å². The minimum absolute atomic E-state index is 0.0102. The summed E-state index contributed by atoms with van der Waals surface area (Å²) in [6.07, 6.45) is 17.9. The Balaban J connectivity index is 0.000000213. The summed E-state index contributed by atoms with van der Waals surface area (Å²) in [4.78, 5) is 83.1. The molecule has 0 radical (unpaired) electrons. The number of carbonyl (C=O) groups is 5. The molecule has 6 amide bonds. The van der Waals surface area contributed by atoms with E-state index in [1.165, 1.54) is 0 Å². The highest BCUT2D eigenvalue weighted by Gasteiger charge is 2.65. The van der Waals surface area contributed by atoms with Crippen LogP contribution in [0.4, 0.5) is 9.59 Å². The van der Waals surface area contributed by atoms with E-state index in [0.717, 1.165) is 141 Å². The molecule has 582 valence electrons. The number of allylic oxidation sites excluding steroid dienone is 1. The quantitative estimate of drug-likeness (QED) is 0.0328. The van der Waals surface area contributed by atoms with E-state index in [9.17, 15) is 24.0 Å². The first-order valence-electron chi connectivity index (χ1n) is 39.4. The molecule has 0 saturated carbocycles. The van der Waals surface area contributed by atoms with Gasteiger partial charge < -0.3 is 40.5 Å². The number of hydrogen-bond donors (Lipinski definition) is 4. The Kier molecular flexibility index (Phi) is 26.1. The van der Waals surface area contributed by atoms with Crippen molar-refractivity contribution in [3.63, 3.8) is 0 Å². The number of carbonyl (C=O) groups excluding carboxylic acids is 5. The monoisotopic (exact) mass is 1420 g/mol. The van der Waals surface area contributed by atoms with Gasteiger partial charge in [-0.1, -0.05) is 62.0 Å². The average Bonchev–Trinajstić information content (AvgIpc) is 1.54. The number of hydrogen-bond acceptors (Lipinski definition) is 14. The molecule has 0 aromatic heterocycles. The van der Waals surface area contributed by atoms with Crippen molar-refractivity contribution in [2.45, 2.75) is 401 Å². The number of rotatable bonds is 23. The fourth-order valence-corrected chi connectivity index (χ4v) is 21.5. The molecular formula is C81H151N13O7. The Morgan fingerprint density at radius 2 is 0.802 bits per heavy atom. The van der Waals surface area contributed by atoms with E-state index in [1.807, 2.05) is 29.4 Å². The van der Waals surface area contributed by atoms with Crippen LogP contribution in [0.25, 0.3) is 0 Å². The number of unbranched alkanes of at least 4 members (excludes halogenated alkanes) is 2. The summed E-state index contributed by atoms with van der Waals surface area (Å²) in [6, 6.07) is 1.35. The van der Waals surface area contributed by atoms with Crippen LogP contribution in [0.3, 0.4) is 0 Å². The summed E-state index contributed by atoms with van der Waals surface area (Å²) in [5.41, 5.74) is 0.590. The lowest BCUT2D eigenvalue weighted by molar-refractivity contribution is -0.162. The van der Waals surface area contributed by atoms with E-state index in [1.54, 1.807) is 0 Å². The van der Waals surface area contributed by atoms with Gasteiger partial charge in [0.2, 0.25) is 12.8 Å². The largest absolute Gasteiger partial charge is 0.497 e. The number of esters is 1. The van der Waals surface area contributed by atoms with Gasteiger partial charge in [0.15, 0.2) is 12.3 Å². The Bertz CT molecular complexity index is 2590. The summed E-state index contributed by atoms with van der Waals surface area (Å²) < 4.78 is 12.1. The molecule has 9 saturated heterocycles. The molecule has 9 rings (SSSR count). The molecule has 0 aliphatic carbocycles. The molecule has 2 atom stereocenters. The van der Waals surface area contributed by atoms with Gasteiger partial charge >= 0.3 is 18.0 Å². The zero-order valence-electron chi connectivity index (χ0n) is 69.6. The molecule has 0 bridgehead atoms. The maximum absolute atomic E-state index is 13.8. The van der Waals surface area contributed by atoms with Crippen molar-refractivity contribution < 1.29 is 33.4 Å². The molecular weight excluding hydrogens is 1270 g/mol. The summed E-state index contributed by atoms with van der Waals surface area (Å²) in [6.45, 7) is 72.5. The molecule has 9 aliphatic rings. The van der Waals surface area contributed by atoms with Gasteiger partial charge in [-0.2, -0.15) is 0 Å². The van der Waals surface area contributed by atoms with Crippen LogP contribution in [0.5, 0.6) is 0 Å². The van der Waals surface area contributed by atoms with Crippen molar-refractivity contribution in [1.82, 2.24) is 65.4 Å². The first kappa shape index (κ1) is 84.5. The summed E-state index contributed by atoms with van der Waals surface area (Å²) >= 11 is 0. The van der Waals surface area contributed by atoms with Gasteiger partial charge in [-0.3, -0.25) is 48.7 Å². The highest BCUT2D eigenvalue weighted by Crippen LogP contribution is 2.45. The third-order valence-corrected chi connectivity index (χ3v) is 23.0. The first-order chi connectivity index (χ1) is 45.9. The topological polar surface area (TPSA) is 181 Å². The van der Waals surface area contributed by atoms with E-state index in [2.05, 4.69) is 236 Å². The highest BCUT2D eigenvalue weighted by atomic mass is 16.5. The van der Waals surface area contributed by atoms with Gasteiger partial charge in [0.05, 0.1) is 32.4 Å². The molecule has 2 unspecified atom stereocenters. The molecule has 101 heavy (non-hydrogen) atoms. The van der Waals surface area contributed by atoms with E-state index in [-0.39, 0.29) is 109 Å². The van der Waals surface area contributed by atoms with E-state index in [4.69, 9.17) is 9.47 Å². The fraction of sp³-hybridized carbons (Fsp3) is 0.914. The van der Waals surface area contributed by atoms with E-state index >= 15 is 0 Å². The molecule has 9 heterocycles. The van der Waals surface area contributed by atoms with Crippen LogP contribution >= 0.6 is 0 Å². The highest BCUT2D eigenvalue weighted by molar-refractivity contribution is 5.86. The molecule has 20 heteroatoms. The summed E-state index contributed by atoms with van der Waals surface area (Å²) in [5.74, 6) is 1.74. The SMILES string of the molecule is C=C(CC(C)CC(C)(C)C)OCCN1C(C)(C)CC(OC(=O)CC(C)CC(C)(C)C)CC1(C)C.CC1(C)CC(N(C=O)CCCCCN(C=O)C2CC(C)(C)NC(C)(C)C2)CC(C)(C)N1.CC1(C)CC(N2CN3C(=O)N4CN(C5CC(C)(C)NC(C)(C)C5)CN5C(=O)N(C2)C3C45)CC(C)(C)N1. The lowest BCUT2D eigenvalue weighted by Gasteiger charge is -2.54. The molecule has 0 aromatic carbocycles. The molecule has 20 nitrogen and oxygen atoms in total. The normalized spacial score (nSPS) is 26.6. The van der Waals surface area contributed by atoms with Gasteiger partial charge in [0.1, 0.15) is 12.7 Å². The van der Waals surface area contributed by atoms with Gasteiger partial charge in [0.25, 0.3) is 0 Å². The van der Waals surface area contributed by atoms with Gasteiger partial charge in [-0.25, -0.2) is 9.59 Å². The van der Waals surface area contributed by atoms with Gasteiger partial charge in [-0.15, -0.1) is 0 Å². The lowest BCUT2D eigenvalue weighted by atomic mass is 9.78. The second kappa shape index (κ2) is 31.2.